The number of nitrogens with zero attached hydrogens (tertiary/aromatic N) is 12. The molecule has 6 saturated heterocycles. The largest absolute Gasteiger partial charge is 0.387 e. The Morgan fingerprint density at radius 2 is 0.693 bits per heavy atom. The van der Waals surface area contributed by atoms with Gasteiger partial charge in [-0.1, -0.05) is 38.3 Å². The van der Waals surface area contributed by atoms with Crippen molar-refractivity contribution >= 4 is 261 Å². The van der Waals surface area contributed by atoms with Crippen LogP contribution in [0.1, 0.15) is 105 Å². The van der Waals surface area contributed by atoms with E-state index in [1.54, 1.807) is 75.8 Å². The average molecular weight is 2230 g/mol. The minimum atomic E-state index is -1.08. The number of anilines is 12. The molecule has 40 nitrogen and oxygen atoms in total. The van der Waals surface area contributed by atoms with Crippen LogP contribution in [0, 0.1) is 17.8 Å². The van der Waals surface area contributed by atoms with E-state index in [-0.39, 0.29) is 65.7 Å². The lowest BCUT2D eigenvalue weighted by molar-refractivity contribution is -0.125. The lowest BCUT2D eigenvalue weighted by atomic mass is 10.0. The number of carbonyl (C=O) groups is 6. The van der Waals surface area contributed by atoms with Gasteiger partial charge in [0.15, 0.2) is 0 Å². The number of amides is 6. The van der Waals surface area contributed by atoms with Crippen LogP contribution in [0.25, 0.3) is 66.2 Å². The first-order chi connectivity index (χ1) is 65.7. The van der Waals surface area contributed by atoms with Gasteiger partial charge in [0.05, 0.1) is 134 Å². The molecule has 19 rings (SSSR count). The fourth-order valence-electron chi connectivity index (χ4n) is 18.0. The second-order valence-corrected chi connectivity index (χ2v) is 40.3. The first kappa shape index (κ1) is 103. The number of nitrogens with one attached hydrogen (secondary N) is 12. The van der Waals surface area contributed by atoms with Crippen molar-refractivity contribution in [2.75, 3.05) is 167 Å². The molecule has 0 unspecified atom stereocenters. The number of aliphatic hydroxyl groups excluding tert-OH is 2. The van der Waals surface area contributed by atoms with E-state index in [0.29, 0.717) is 51.5 Å². The van der Waals surface area contributed by atoms with E-state index in [1.165, 1.54) is 21.1 Å². The van der Waals surface area contributed by atoms with Gasteiger partial charge in [-0.25, -0.2) is 29.9 Å². The van der Waals surface area contributed by atoms with Crippen LogP contribution in [0.3, 0.4) is 0 Å². The van der Waals surface area contributed by atoms with Gasteiger partial charge in [0, 0.05) is 203 Å². The summed E-state index contributed by atoms with van der Waals surface area (Å²) in [4.78, 5) is 130. The Hall–Kier alpha value is -9.95. The summed E-state index contributed by atoms with van der Waals surface area (Å²) in [6, 6.07) is 0.758. The normalized spacial score (nSPS) is 19.5. The molecular weight excluding hydrogens is 2110 g/mol. The Morgan fingerprint density at radius 1 is 0.401 bits per heavy atom. The van der Waals surface area contributed by atoms with Crippen LogP contribution < -0.4 is 95.7 Å². The van der Waals surface area contributed by atoms with E-state index in [2.05, 4.69) is 201 Å². The third kappa shape index (κ3) is 24.0. The summed E-state index contributed by atoms with van der Waals surface area (Å²) in [5.74, 6) is -0.656. The molecule has 46 heteroatoms. The number of halogens is 6. The van der Waals surface area contributed by atoms with Gasteiger partial charge >= 0.3 is 0 Å². The molecular formula is C91H120Br5ClN30O10. The van der Waals surface area contributed by atoms with Gasteiger partial charge in [-0.3, -0.25) is 28.8 Å². The number of aliphatic hydroxyl groups is 2. The van der Waals surface area contributed by atoms with Crippen molar-refractivity contribution in [1.82, 2.24) is 59.8 Å². The highest BCUT2D eigenvalue weighted by Crippen LogP contribution is 2.47. The smallest absolute Gasteiger partial charge is 0.253 e. The SMILES string of the molecule is CC(C)C(=O)Nc1c[nH]c2ncc(Br)c(N3CC[C@H](CN)C3)c12.CO[C@@H](C)C(=O)Nc1c[nH]c2ncc(Br)c(N3CC[C@@H](N)C3)c12.CO[C@H](C)C(=O)Nc1c[nH]c2ncc(Br)c(N3CC[C@@H](N)C3)c12.C[C@H](O)C(=O)Nc1c[nH]c2ncc(Br)c(N3CC[C@@H](N)C3)c12.N[C@@H]1CCCN(c2c(Cl)cnc3[nH]cc(NC(=O)C4CCCC4)c23)C1.N[C@@H]1CCN(c2c(Br)cnc3[nH]cc(NC(=O)CO)c23)C1. The van der Waals surface area contributed by atoms with Gasteiger partial charge in [0.1, 0.15) is 58.8 Å². The molecule has 1 saturated carbocycles. The number of fused-ring (bicyclic) bond motifs is 6. The molecule has 6 aliphatic heterocycles. The van der Waals surface area contributed by atoms with Crippen molar-refractivity contribution in [2.24, 2.45) is 52.2 Å². The molecule has 736 valence electrons. The van der Waals surface area contributed by atoms with Crippen LogP contribution in [-0.4, -0.2) is 260 Å². The predicted octanol–water partition coefficient (Wildman–Crippen LogP) is 11.6. The molecule has 26 N–H and O–H groups in total. The maximum atomic E-state index is 12.6. The molecule has 7 fully saturated rings. The molecule has 0 aromatic carbocycles. The quantitative estimate of drug-likeness (QED) is 0.0318. The standard InChI is InChI=1S/C18H24ClN5O.C16H22BrN5O.2C15H20BrN5O2.C14H18BrN5O2.C13H16BrN5O2/c19-13-8-21-17-15(16(13)24-7-3-6-12(20)10-24)14(9-22-17)23-18(25)11-4-1-2-5-11;1-9(2)16(23)21-12-7-20-15-13(12)14(11(17)6-19-15)22-4-3-10(5-18)8-22;2*1-8(23-2)15(22)20-11-6-19-14-12(11)13(10(16)5-18-14)21-4-3-9(17)7-21;1-7(21)14(22)19-10-5-18-13-11(10)12(9(15)4-17-13)20-3-2-8(16)6-20;14-8-3-16-13-11(9(4-17-13)18-10(21)6-20)12(8)19-2-1-7(15)5-19/h8-9,11-12H,1-7,10,20H2,(H,21,22)(H,23,25);6-7,9-10H,3-5,8,18H2,1-2H3,(H,19,20)(H,21,23);2*5-6,8-9H,3-4,7,17H2,1-2H3,(H,18,19)(H,20,22);4-5,7-8,21H,2-3,6,16H2,1H3,(H,17,18)(H,19,22);3-4,7,20H,1-2,5-6,15H2,(H,16,17)(H,18,21)/t12-;10-;8-,9+;8-,9-;7-,8+;7-/m110101/s1. The van der Waals surface area contributed by atoms with E-state index in [4.69, 9.17) is 60.6 Å². The summed E-state index contributed by atoms with van der Waals surface area (Å²) in [5.41, 5.74) is 50.4. The number of piperidine rings is 1. The first-order valence-electron chi connectivity index (χ1n) is 45.8. The van der Waals surface area contributed by atoms with Crippen LogP contribution in [0.2, 0.25) is 5.02 Å². The second kappa shape index (κ2) is 46.4. The van der Waals surface area contributed by atoms with Gasteiger partial charge in [-0.15, -0.1) is 0 Å². The number of H-pyrrole nitrogens is 6. The summed E-state index contributed by atoms with van der Waals surface area (Å²) in [6.07, 6.45) is 30.0. The molecule has 1 aliphatic carbocycles. The maximum absolute atomic E-state index is 12.6. The molecule has 18 heterocycles. The molecule has 0 bridgehead atoms. The van der Waals surface area contributed by atoms with Crippen molar-refractivity contribution in [2.45, 2.75) is 154 Å². The lowest BCUT2D eigenvalue weighted by Gasteiger charge is -2.33. The zero-order chi connectivity index (χ0) is 97.9. The Bertz CT molecular complexity index is 6170. The van der Waals surface area contributed by atoms with Crippen LogP contribution in [0.4, 0.5) is 68.2 Å². The Kier molecular flexibility index (Phi) is 34.9. The third-order valence-electron chi connectivity index (χ3n) is 25.4. The lowest BCUT2D eigenvalue weighted by Crippen LogP contribution is -2.43. The van der Waals surface area contributed by atoms with Gasteiger partial charge in [0.25, 0.3) is 17.7 Å². The fourth-order valence-corrected chi connectivity index (χ4v) is 21.0. The van der Waals surface area contributed by atoms with Gasteiger partial charge in [-0.2, -0.15) is 0 Å². The number of pyridine rings is 6. The maximum Gasteiger partial charge on any atom is 0.253 e. The van der Waals surface area contributed by atoms with E-state index in [1.807, 2.05) is 26.2 Å². The minimum Gasteiger partial charge on any atom is -0.387 e. The van der Waals surface area contributed by atoms with Crippen LogP contribution >= 0.6 is 91.3 Å². The Balaban J connectivity index is 0.000000131. The average Bonchev–Trinajstić information content (AvgIpc) is 1.67. The van der Waals surface area contributed by atoms with Gasteiger partial charge < -0.3 is 145 Å². The third-order valence-corrected chi connectivity index (χ3v) is 28.6. The van der Waals surface area contributed by atoms with Gasteiger partial charge in [-0.05, 0) is 171 Å². The molecule has 12 aromatic heterocycles. The number of hydrogen-bond acceptors (Lipinski definition) is 28. The molecule has 0 radical (unpaired) electrons. The van der Waals surface area contributed by atoms with Crippen molar-refractivity contribution in [3.63, 3.8) is 0 Å². The highest BCUT2D eigenvalue weighted by molar-refractivity contribution is 9.11. The summed E-state index contributed by atoms with van der Waals surface area (Å²) in [7, 11) is 3.02. The Labute approximate surface area is 838 Å². The van der Waals surface area contributed by atoms with Crippen molar-refractivity contribution in [1.29, 1.82) is 0 Å². The second-order valence-electron chi connectivity index (χ2n) is 35.7. The summed E-state index contributed by atoms with van der Waals surface area (Å²) in [6.45, 7) is 18.9. The Morgan fingerprint density at radius 3 is 0.993 bits per heavy atom. The number of rotatable bonds is 21. The van der Waals surface area contributed by atoms with E-state index >= 15 is 0 Å². The van der Waals surface area contributed by atoms with Crippen molar-refractivity contribution < 1.29 is 48.5 Å². The zero-order valence-corrected chi connectivity index (χ0v) is 85.9. The predicted molar refractivity (Wildman–Crippen MR) is 558 cm³/mol. The fraction of sp³-hybridized carbons (Fsp3) is 0.473. The molecule has 137 heavy (non-hydrogen) atoms. The molecule has 9 atom stereocenters. The van der Waals surface area contributed by atoms with Crippen LogP contribution in [-0.2, 0) is 38.2 Å². The number of nitrogens with two attached hydrogens (primary N) is 6. The number of ether oxygens (including phenoxy) is 2. The molecule has 7 aliphatic rings. The monoisotopic (exact) mass is 2220 g/mol. The summed E-state index contributed by atoms with van der Waals surface area (Å²) in [5, 5.41) is 41.4. The van der Waals surface area contributed by atoms with Gasteiger partial charge in [0.2, 0.25) is 17.7 Å². The van der Waals surface area contributed by atoms with E-state index in [9.17, 15) is 33.9 Å². The topological polar surface area (TPSA) is 581 Å². The highest BCUT2D eigenvalue weighted by Gasteiger charge is 2.35. The highest BCUT2D eigenvalue weighted by atomic mass is 79.9. The van der Waals surface area contributed by atoms with Crippen LogP contribution in [0.15, 0.2) is 96.7 Å². The van der Waals surface area contributed by atoms with Crippen molar-refractivity contribution in [3.8, 4) is 0 Å². The van der Waals surface area contributed by atoms with Crippen molar-refractivity contribution in [3.05, 3.63) is 102 Å². The molecule has 0 spiro atoms. The molecule has 6 amide bonds. The summed E-state index contributed by atoms with van der Waals surface area (Å²) >= 11 is 24.4. The molecule has 12 aromatic rings. The van der Waals surface area contributed by atoms with E-state index in [0.717, 1.165) is 272 Å². The first-order valence-corrected chi connectivity index (χ1v) is 50.2. The zero-order valence-electron chi connectivity index (χ0n) is 77.2. The number of methoxy groups -OCH3 is 2. The number of carbonyl (C=O) groups excluding carboxylic acids is 6. The number of aromatic amines is 6. The van der Waals surface area contributed by atoms with Crippen LogP contribution in [0.5, 0.6) is 0 Å². The number of aromatic nitrogens is 12. The summed E-state index contributed by atoms with van der Waals surface area (Å²) < 4.78 is 14.5. The van der Waals surface area contributed by atoms with E-state index < -0.39 is 36.7 Å². The minimum absolute atomic E-state index is 0.00178. The number of hydrogen-bond donors (Lipinski definition) is 20.